The van der Waals surface area contributed by atoms with Crippen molar-refractivity contribution < 1.29 is 28.7 Å². The molecule has 0 saturated carbocycles. The van der Waals surface area contributed by atoms with E-state index < -0.39 is 30.4 Å². The molecule has 0 bridgehead atoms. The second-order valence-electron chi connectivity index (χ2n) is 8.09. The van der Waals surface area contributed by atoms with E-state index in [1.54, 1.807) is 11.5 Å². The normalized spacial score (nSPS) is 17.4. The van der Waals surface area contributed by atoms with Gasteiger partial charge in [-0.25, -0.2) is 9.78 Å². The van der Waals surface area contributed by atoms with Gasteiger partial charge in [0, 0.05) is 11.9 Å². The van der Waals surface area contributed by atoms with Crippen LogP contribution < -0.4 is 10.4 Å². The number of hydrogen-bond donors (Lipinski definition) is 1. The van der Waals surface area contributed by atoms with Crippen LogP contribution >= 0.6 is 11.3 Å². The summed E-state index contributed by atoms with van der Waals surface area (Å²) in [6.45, 7) is 7.89. The third kappa shape index (κ3) is 5.72. The number of aromatic carboxylic acids is 1. The van der Waals surface area contributed by atoms with E-state index in [0.29, 0.717) is 11.2 Å². The predicted octanol–water partition coefficient (Wildman–Crippen LogP) is 2.45. The van der Waals surface area contributed by atoms with Gasteiger partial charge in [-0.05, 0) is 44.8 Å². The fourth-order valence-electron chi connectivity index (χ4n) is 2.78. The maximum Gasteiger partial charge on any atom is 0.492 e. The molecule has 2 aromatic rings. The number of carbonyl (C=O) groups is 2. The van der Waals surface area contributed by atoms with Crippen LogP contribution in [0.15, 0.2) is 41.2 Å². The first kappa shape index (κ1) is 23.0. The van der Waals surface area contributed by atoms with E-state index >= 15 is 0 Å². The Morgan fingerprint density at radius 3 is 2.42 bits per heavy atom. The zero-order valence-corrected chi connectivity index (χ0v) is 18.7. The van der Waals surface area contributed by atoms with Crippen molar-refractivity contribution >= 4 is 36.6 Å². The lowest BCUT2D eigenvalue weighted by Crippen LogP contribution is -2.41. The minimum absolute atomic E-state index is 0.0721. The van der Waals surface area contributed by atoms with Crippen LogP contribution in [0.1, 0.15) is 48.8 Å². The fourth-order valence-corrected chi connectivity index (χ4v) is 3.39. The van der Waals surface area contributed by atoms with E-state index in [1.165, 1.54) is 0 Å². The largest absolute Gasteiger partial charge is 0.542 e. The number of ether oxygens (including phenoxy) is 1. The van der Waals surface area contributed by atoms with Gasteiger partial charge in [-0.1, -0.05) is 30.3 Å². The molecule has 3 rings (SSSR count). The minimum atomic E-state index is -1.34. The van der Waals surface area contributed by atoms with Gasteiger partial charge in [-0.2, -0.15) is 0 Å². The van der Waals surface area contributed by atoms with Crippen LogP contribution in [0.4, 0.5) is 4.79 Å². The van der Waals surface area contributed by atoms with Crippen LogP contribution in [0.5, 0.6) is 0 Å². The Balaban J connectivity index is 1.72. The van der Waals surface area contributed by atoms with Gasteiger partial charge in [0.2, 0.25) is 0 Å². The summed E-state index contributed by atoms with van der Waals surface area (Å²) in [5.74, 6) is -1.34. The van der Waals surface area contributed by atoms with Gasteiger partial charge in [0.05, 0.1) is 16.9 Å². The number of alkyl carbamates (subject to hydrolysis) is 1. The fraction of sp³-hybridized carbons (Fsp3) is 0.381. The van der Waals surface area contributed by atoms with E-state index in [9.17, 15) is 14.7 Å². The van der Waals surface area contributed by atoms with Crippen molar-refractivity contribution in [1.29, 1.82) is 0 Å². The number of thiazole rings is 1. The molecule has 0 unspecified atom stereocenters. The van der Waals surface area contributed by atoms with E-state index in [0.717, 1.165) is 16.9 Å². The Kier molecular flexibility index (Phi) is 6.83. The third-order valence-corrected chi connectivity index (χ3v) is 6.08. The van der Waals surface area contributed by atoms with Gasteiger partial charge in [0.1, 0.15) is 17.6 Å². The average Bonchev–Trinajstić information content (AvgIpc) is 3.26. The summed E-state index contributed by atoms with van der Waals surface area (Å²) in [6.07, 6.45) is 1.04. The highest BCUT2D eigenvalue weighted by Gasteiger charge is 2.52. The Morgan fingerprint density at radius 1 is 1.19 bits per heavy atom. The topological polar surface area (TPSA) is 110 Å². The number of carboxylic acid groups (broad SMARTS) is 1. The number of amides is 1. The zero-order chi connectivity index (χ0) is 22.6. The van der Waals surface area contributed by atoms with Gasteiger partial charge < -0.3 is 29.3 Å². The Labute approximate surface area is 185 Å². The van der Waals surface area contributed by atoms with Gasteiger partial charge in [0.25, 0.3) is 0 Å². The lowest BCUT2D eigenvalue weighted by Gasteiger charge is -2.32. The minimum Gasteiger partial charge on any atom is -0.542 e. The maximum atomic E-state index is 12.2. The summed E-state index contributed by atoms with van der Waals surface area (Å²) >= 11 is 0.960. The summed E-state index contributed by atoms with van der Waals surface area (Å²) in [5.41, 5.74) is 0.696. The molecule has 1 amide bonds. The molecule has 1 aromatic carbocycles. The Bertz CT molecular complexity index is 957. The first-order valence-electron chi connectivity index (χ1n) is 9.75. The Hall–Kier alpha value is -2.69. The molecular weight excluding hydrogens is 419 g/mol. The number of benzene rings is 1. The quantitative estimate of drug-likeness (QED) is 0.655. The third-order valence-electron chi connectivity index (χ3n) is 5.24. The summed E-state index contributed by atoms with van der Waals surface area (Å²) in [7, 11) is -0.743. The molecule has 10 heteroatoms. The molecule has 2 heterocycles. The van der Waals surface area contributed by atoms with Crippen molar-refractivity contribution in [2.24, 2.45) is 0 Å². The molecular formula is C21H24BN2O6S-. The highest BCUT2D eigenvalue weighted by molar-refractivity contribution is 7.11. The highest BCUT2D eigenvalue weighted by Crippen LogP contribution is 2.38. The summed E-state index contributed by atoms with van der Waals surface area (Å²) in [4.78, 5) is 27.2. The Morgan fingerprint density at radius 2 is 1.84 bits per heavy atom. The first-order valence-corrected chi connectivity index (χ1v) is 10.6. The number of rotatable bonds is 7. The number of nitrogens with one attached hydrogen (secondary N) is 1. The number of nitrogens with zero attached hydrogens (tertiary/aromatic N) is 1. The van der Waals surface area contributed by atoms with Gasteiger partial charge >= 0.3 is 13.2 Å². The van der Waals surface area contributed by atoms with Crippen LogP contribution in [0.3, 0.4) is 0 Å². The van der Waals surface area contributed by atoms with Crippen LogP contribution in [-0.4, -0.2) is 41.9 Å². The molecule has 1 aromatic heterocycles. The SMILES string of the molecule is CC1(C)OB(C(=Cc2csc(C(=O)[O-])n2)CNC(=O)OCc2ccccc2)OC1(C)C. The monoisotopic (exact) mass is 443 g/mol. The summed E-state index contributed by atoms with van der Waals surface area (Å²) in [6, 6.07) is 9.34. The van der Waals surface area contributed by atoms with Gasteiger partial charge in [-0.3, -0.25) is 0 Å². The number of aromatic nitrogens is 1. The average molecular weight is 443 g/mol. The standard InChI is InChI=1S/C21H25BN2O6S/c1-20(2)21(3,4)30-22(29-20)15(10-16-13-31-17(24-16)18(25)26)11-23-19(27)28-12-14-8-6-5-7-9-14/h5-10,13H,11-12H2,1-4H3,(H,23,27)(H,25,26)/p-1. The smallest absolute Gasteiger partial charge is 0.492 e. The van der Waals surface area contributed by atoms with Crippen LogP contribution in [0, 0.1) is 0 Å². The van der Waals surface area contributed by atoms with Crippen molar-refractivity contribution in [3.05, 3.63) is 57.4 Å². The lowest BCUT2D eigenvalue weighted by molar-refractivity contribution is -0.255. The van der Waals surface area contributed by atoms with Crippen LogP contribution in [0.2, 0.25) is 0 Å². The molecule has 0 aliphatic carbocycles. The van der Waals surface area contributed by atoms with Crippen molar-refractivity contribution in [3.8, 4) is 0 Å². The van der Waals surface area contributed by atoms with Crippen molar-refractivity contribution in [2.75, 3.05) is 6.54 Å². The lowest BCUT2D eigenvalue weighted by atomic mass is 9.77. The van der Waals surface area contributed by atoms with E-state index in [2.05, 4.69) is 10.3 Å². The first-order chi connectivity index (χ1) is 14.6. The molecule has 0 atom stereocenters. The highest BCUT2D eigenvalue weighted by atomic mass is 32.1. The summed E-state index contributed by atoms with van der Waals surface area (Å²) < 4.78 is 17.4. The molecule has 1 saturated heterocycles. The molecule has 1 aliphatic heterocycles. The summed E-state index contributed by atoms with van der Waals surface area (Å²) in [5, 5.41) is 15.2. The van der Waals surface area contributed by atoms with E-state index in [1.807, 2.05) is 58.0 Å². The molecule has 1 fully saturated rings. The number of carboxylic acids is 1. The molecule has 31 heavy (non-hydrogen) atoms. The molecule has 164 valence electrons. The number of carbonyl (C=O) groups excluding carboxylic acids is 2. The second-order valence-corrected chi connectivity index (χ2v) is 8.95. The van der Waals surface area contributed by atoms with Crippen molar-refractivity contribution in [3.63, 3.8) is 0 Å². The number of hydrogen-bond acceptors (Lipinski definition) is 8. The van der Waals surface area contributed by atoms with Crippen LogP contribution in [-0.2, 0) is 20.7 Å². The van der Waals surface area contributed by atoms with E-state index in [4.69, 9.17) is 14.0 Å². The molecule has 1 N–H and O–H groups in total. The second kappa shape index (κ2) is 9.21. The molecule has 0 radical (unpaired) electrons. The molecule has 8 nitrogen and oxygen atoms in total. The van der Waals surface area contributed by atoms with Crippen molar-refractivity contribution in [2.45, 2.75) is 45.5 Å². The maximum absolute atomic E-state index is 12.2. The molecule has 0 spiro atoms. The van der Waals surface area contributed by atoms with Gasteiger partial charge in [0.15, 0.2) is 0 Å². The van der Waals surface area contributed by atoms with Gasteiger partial charge in [-0.15, -0.1) is 11.3 Å². The van der Waals surface area contributed by atoms with Crippen LogP contribution in [0.25, 0.3) is 6.08 Å². The van der Waals surface area contributed by atoms with E-state index in [-0.39, 0.29) is 18.2 Å². The molecule has 1 aliphatic rings. The zero-order valence-electron chi connectivity index (χ0n) is 17.8. The predicted molar refractivity (Wildman–Crippen MR) is 115 cm³/mol. The van der Waals surface area contributed by atoms with Crippen molar-refractivity contribution in [1.82, 2.24) is 10.3 Å².